The number of hydrogen-bond donors (Lipinski definition) is 2. The Morgan fingerprint density at radius 2 is 1.73 bits per heavy atom. The van der Waals surface area contributed by atoms with Gasteiger partial charge in [0, 0.05) is 12.1 Å². The van der Waals surface area contributed by atoms with Gasteiger partial charge in [0.25, 0.3) is 0 Å². The van der Waals surface area contributed by atoms with Crippen LogP contribution in [0.5, 0.6) is 5.75 Å². The number of nitrogens with zero attached hydrogens (tertiary/aromatic N) is 2. The van der Waals surface area contributed by atoms with Gasteiger partial charge in [-0.2, -0.15) is 5.10 Å². The topological polar surface area (TPSA) is 71.9 Å². The van der Waals surface area contributed by atoms with Gasteiger partial charge in [-0.3, -0.25) is 14.5 Å². The fourth-order valence-electron chi connectivity index (χ4n) is 3.43. The molecule has 0 saturated carbocycles. The highest BCUT2D eigenvalue weighted by atomic mass is 32.1. The van der Waals surface area contributed by atoms with E-state index in [2.05, 4.69) is 15.5 Å². The molecule has 33 heavy (non-hydrogen) atoms. The average Bonchev–Trinajstić information content (AvgIpc) is 3.19. The number of amides is 1. The first-order valence-corrected chi connectivity index (χ1v) is 11.2. The zero-order chi connectivity index (χ0) is 23.0. The van der Waals surface area contributed by atoms with Crippen LogP contribution in [0.1, 0.15) is 16.7 Å². The first-order chi connectivity index (χ1) is 16.1. The van der Waals surface area contributed by atoms with E-state index in [1.54, 1.807) is 4.57 Å². The molecule has 4 aromatic rings. The number of aromatic nitrogens is 3. The van der Waals surface area contributed by atoms with Gasteiger partial charge in [-0.1, -0.05) is 72.3 Å². The van der Waals surface area contributed by atoms with Crippen LogP contribution < -0.4 is 10.1 Å². The van der Waals surface area contributed by atoms with E-state index in [0.717, 1.165) is 34.4 Å². The molecule has 0 saturated heterocycles. The molecule has 0 bridgehead atoms. The fraction of sp³-hybridized carbons (Fsp3) is 0.192. The molecule has 168 valence electrons. The average molecular weight is 459 g/mol. The van der Waals surface area contributed by atoms with Crippen molar-refractivity contribution in [2.75, 3.05) is 6.54 Å². The van der Waals surface area contributed by atoms with E-state index in [1.807, 2.05) is 85.8 Å². The molecule has 1 heterocycles. The van der Waals surface area contributed by atoms with E-state index in [9.17, 15) is 4.79 Å². The summed E-state index contributed by atoms with van der Waals surface area (Å²) in [6.45, 7) is 3.22. The van der Waals surface area contributed by atoms with Gasteiger partial charge in [-0.05, 0) is 48.8 Å². The lowest BCUT2D eigenvalue weighted by Crippen LogP contribution is -2.29. The van der Waals surface area contributed by atoms with Gasteiger partial charge in [0.15, 0.2) is 10.6 Å². The molecular formula is C26H26N4O2S. The van der Waals surface area contributed by atoms with Crippen LogP contribution in [0.15, 0.2) is 78.9 Å². The van der Waals surface area contributed by atoms with Gasteiger partial charge in [0.05, 0.1) is 0 Å². The second kappa shape index (κ2) is 10.7. The summed E-state index contributed by atoms with van der Waals surface area (Å²) in [5.74, 6) is 1.37. The van der Waals surface area contributed by atoms with Crippen molar-refractivity contribution in [2.45, 2.75) is 26.5 Å². The molecule has 1 amide bonds. The van der Waals surface area contributed by atoms with Crippen LogP contribution in [0.3, 0.4) is 0 Å². The van der Waals surface area contributed by atoms with Crippen molar-refractivity contribution in [3.63, 3.8) is 0 Å². The largest absolute Gasteiger partial charge is 0.489 e. The number of carbonyl (C=O) groups is 1. The lowest BCUT2D eigenvalue weighted by molar-refractivity contribution is -0.121. The van der Waals surface area contributed by atoms with Gasteiger partial charge >= 0.3 is 0 Å². The Morgan fingerprint density at radius 3 is 2.45 bits per heavy atom. The molecule has 0 aliphatic rings. The Hall–Kier alpha value is -3.71. The SMILES string of the molecule is Cc1ccc(-c2n[nH]c(=S)n2CC(=O)NCCc2ccc(OCc3ccccc3)cc2)cc1. The van der Waals surface area contributed by atoms with Crippen molar-refractivity contribution in [3.05, 3.63) is 100 Å². The Kier molecular flexibility index (Phi) is 7.32. The van der Waals surface area contributed by atoms with Crippen molar-refractivity contribution < 1.29 is 9.53 Å². The zero-order valence-corrected chi connectivity index (χ0v) is 19.3. The minimum absolute atomic E-state index is 0.108. The summed E-state index contributed by atoms with van der Waals surface area (Å²) in [6, 6.07) is 26.0. The van der Waals surface area contributed by atoms with E-state index in [1.165, 1.54) is 0 Å². The third-order valence-electron chi connectivity index (χ3n) is 5.28. The first kappa shape index (κ1) is 22.5. The lowest BCUT2D eigenvalue weighted by atomic mass is 10.1. The van der Waals surface area contributed by atoms with Crippen LogP contribution >= 0.6 is 12.2 Å². The number of benzene rings is 3. The number of hydrogen-bond acceptors (Lipinski definition) is 4. The van der Waals surface area contributed by atoms with Crippen molar-refractivity contribution in [1.29, 1.82) is 0 Å². The molecule has 4 rings (SSSR count). The maximum atomic E-state index is 12.5. The second-order valence-electron chi connectivity index (χ2n) is 7.82. The minimum atomic E-state index is -0.108. The van der Waals surface area contributed by atoms with Crippen molar-refractivity contribution in [1.82, 2.24) is 20.1 Å². The van der Waals surface area contributed by atoms with Crippen molar-refractivity contribution in [2.24, 2.45) is 0 Å². The number of rotatable bonds is 9. The summed E-state index contributed by atoms with van der Waals surface area (Å²) in [7, 11) is 0. The van der Waals surface area contributed by atoms with Gasteiger partial charge in [-0.25, -0.2) is 0 Å². The first-order valence-electron chi connectivity index (χ1n) is 10.8. The summed E-state index contributed by atoms with van der Waals surface area (Å²) in [6.07, 6.45) is 0.728. The van der Waals surface area contributed by atoms with Crippen LogP contribution in [0, 0.1) is 11.7 Å². The molecule has 3 aromatic carbocycles. The molecular weight excluding hydrogens is 432 g/mol. The number of aryl methyl sites for hydroxylation is 1. The van der Waals surface area contributed by atoms with Crippen LogP contribution in [0.2, 0.25) is 0 Å². The standard InChI is InChI=1S/C26H26N4O2S/c1-19-7-11-22(12-8-19)25-28-29-26(33)30(25)17-24(31)27-16-15-20-9-13-23(14-10-20)32-18-21-5-3-2-4-6-21/h2-14H,15-18H2,1H3,(H,27,31)(H,29,33). The molecule has 0 radical (unpaired) electrons. The summed E-state index contributed by atoms with van der Waals surface area (Å²) in [5.41, 5.74) is 4.33. The molecule has 6 nitrogen and oxygen atoms in total. The fourth-order valence-corrected chi connectivity index (χ4v) is 3.62. The van der Waals surface area contributed by atoms with Crippen LogP contribution in [0.25, 0.3) is 11.4 Å². The zero-order valence-electron chi connectivity index (χ0n) is 18.5. The molecule has 0 aliphatic carbocycles. The van der Waals surface area contributed by atoms with Crippen molar-refractivity contribution in [3.8, 4) is 17.1 Å². The van der Waals surface area contributed by atoms with Gasteiger partial charge in [0.2, 0.25) is 5.91 Å². The summed E-state index contributed by atoms with van der Waals surface area (Å²) < 4.78 is 7.96. The molecule has 0 atom stereocenters. The third kappa shape index (κ3) is 6.17. The van der Waals surface area contributed by atoms with E-state index in [4.69, 9.17) is 17.0 Å². The van der Waals surface area contributed by atoms with E-state index in [-0.39, 0.29) is 12.5 Å². The molecule has 2 N–H and O–H groups in total. The van der Waals surface area contributed by atoms with Gasteiger partial charge in [0.1, 0.15) is 18.9 Å². The summed E-state index contributed by atoms with van der Waals surface area (Å²) >= 11 is 5.32. The van der Waals surface area contributed by atoms with Crippen LogP contribution in [0.4, 0.5) is 0 Å². The molecule has 0 unspecified atom stereocenters. The highest BCUT2D eigenvalue weighted by Gasteiger charge is 2.12. The Labute approximate surface area is 198 Å². The Bertz CT molecular complexity index is 1250. The molecule has 7 heteroatoms. The lowest BCUT2D eigenvalue weighted by Gasteiger charge is -2.10. The highest BCUT2D eigenvalue weighted by molar-refractivity contribution is 7.71. The quantitative estimate of drug-likeness (QED) is 0.352. The summed E-state index contributed by atoms with van der Waals surface area (Å²) in [5, 5.41) is 10.0. The predicted molar refractivity (Wildman–Crippen MR) is 132 cm³/mol. The number of carbonyl (C=O) groups excluding carboxylic acids is 1. The Morgan fingerprint density at radius 1 is 1.00 bits per heavy atom. The third-order valence-corrected chi connectivity index (χ3v) is 5.59. The summed E-state index contributed by atoms with van der Waals surface area (Å²) in [4.78, 5) is 12.5. The van der Waals surface area contributed by atoms with Crippen LogP contribution in [-0.2, 0) is 24.4 Å². The van der Waals surface area contributed by atoms with E-state index in [0.29, 0.717) is 23.7 Å². The normalized spacial score (nSPS) is 10.7. The minimum Gasteiger partial charge on any atom is -0.489 e. The molecule has 1 aromatic heterocycles. The monoisotopic (exact) mass is 458 g/mol. The highest BCUT2D eigenvalue weighted by Crippen LogP contribution is 2.18. The number of nitrogens with one attached hydrogen (secondary N) is 2. The maximum absolute atomic E-state index is 12.5. The van der Waals surface area contributed by atoms with Gasteiger partial charge < -0.3 is 10.1 Å². The van der Waals surface area contributed by atoms with Crippen LogP contribution in [-0.4, -0.2) is 27.2 Å². The van der Waals surface area contributed by atoms with E-state index < -0.39 is 0 Å². The van der Waals surface area contributed by atoms with Gasteiger partial charge in [-0.15, -0.1) is 0 Å². The second-order valence-corrected chi connectivity index (χ2v) is 8.21. The number of aromatic amines is 1. The molecule has 0 spiro atoms. The predicted octanol–water partition coefficient (Wildman–Crippen LogP) is 4.85. The number of H-pyrrole nitrogens is 1. The van der Waals surface area contributed by atoms with Crippen molar-refractivity contribution >= 4 is 18.1 Å². The van der Waals surface area contributed by atoms with E-state index >= 15 is 0 Å². The number of ether oxygens (including phenoxy) is 1. The Balaban J connectivity index is 1.27. The maximum Gasteiger partial charge on any atom is 0.240 e. The molecule has 0 fully saturated rings. The molecule has 0 aliphatic heterocycles. The smallest absolute Gasteiger partial charge is 0.240 e.